The molecule has 0 aromatic heterocycles. The first-order valence-electron chi connectivity index (χ1n) is 10.2. The molecule has 30 heavy (non-hydrogen) atoms. The quantitative estimate of drug-likeness (QED) is 0.366. The Bertz CT molecular complexity index is 897. The van der Waals surface area contributed by atoms with Gasteiger partial charge in [-0.25, -0.2) is 4.79 Å². The first kappa shape index (κ1) is 22.9. The summed E-state index contributed by atoms with van der Waals surface area (Å²) in [6, 6.07) is 13.1. The summed E-state index contributed by atoms with van der Waals surface area (Å²) in [5.74, 6) is -0.429. The van der Waals surface area contributed by atoms with Gasteiger partial charge in [0, 0.05) is 16.2 Å². The Morgan fingerprint density at radius 2 is 1.83 bits per heavy atom. The molecule has 2 aromatic carbocycles. The largest absolute Gasteiger partial charge is 0.462 e. The van der Waals surface area contributed by atoms with Crippen molar-refractivity contribution in [3.63, 3.8) is 0 Å². The van der Waals surface area contributed by atoms with E-state index in [9.17, 15) is 4.79 Å². The number of aryl methyl sites for hydroxylation is 1. The van der Waals surface area contributed by atoms with Crippen LogP contribution in [0.3, 0.4) is 0 Å². The lowest BCUT2D eigenvalue weighted by Crippen LogP contribution is -2.48. The van der Waals surface area contributed by atoms with Crippen molar-refractivity contribution >= 4 is 52.2 Å². The normalized spacial score (nSPS) is 14.9. The molecule has 7 heteroatoms. The molecular formula is C23H26Cl2N2O2S. The van der Waals surface area contributed by atoms with Crippen molar-refractivity contribution in [2.24, 2.45) is 0 Å². The number of hydrogen-bond acceptors (Lipinski definition) is 3. The van der Waals surface area contributed by atoms with Crippen molar-refractivity contribution in [2.75, 3.05) is 11.9 Å². The van der Waals surface area contributed by atoms with Gasteiger partial charge >= 0.3 is 5.97 Å². The van der Waals surface area contributed by atoms with Crippen molar-refractivity contribution in [3.05, 3.63) is 63.6 Å². The molecule has 0 radical (unpaired) electrons. The number of hydrogen-bond donors (Lipinski definition) is 2. The molecule has 1 saturated carbocycles. The van der Waals surface area contributed by atoms with Gasteiger partial charge in [-0.1, -0.05) is 48.2 Å². The van der Waals surface area contributed by atoms with Gasteiger partial charge in [0.1, 0.15) is 0 Å². The first-order chi connectivity index (χ1) is 14.4. The van der Waals surface area contributed by atoms with Crippen LogP contribution >= 0.6 is 35.4 Å². The summed E-state index contributed by atoms with van der Waals surface area (Å²) >= 11 is 17.8. The number of benzene rings is 2. The number of rotatable bonds is 7. The summed E-state index contributed by atoms with van der Waals surface area (Å²) < 4.78 is 5.01. The molecule has 2 N–H and O–H groups in total. The molecule has 1 aliphatic rings. The smallest absolute Gasteiger partial charge is 0.339 e. The third kappa shape index (κ3) is 6.10. The number of carbonyl (C=O) groups is 1. The minimum absolute atomic E-state index is 0.0155. The van der Waals surface area contributed by atoms with Gasteiger partial charge in [-0.15, -0.1) is 0 Å². The molecule has 0 saturated heterocycles. The van der Waals surface area contributed by atoms with E-state index < -0.39 is 5.97 Å². The molecule has 0 amide bonds. The molecule has 1 fully saturated rings. The predicted octanol–water partition coefficient (Wildman–Crippen LogP) is 6.40. The van der Waals surface area contributed by atoms with E-state index in [1.165, 1.54) is 18.4 Å². The van der Waals surface area contributed by atoms with Gasteiger partial charge in [0.2, 0.25) is 0 Å². The standard InChI is InChI=1S/C23H26Cl2N2O2S/c1-2-29-21(28)19-10-9-18(15-20(19)25)26-22(30)27-23(12-3-4-13-23)14-11-16-5-7-17(24)8-6-16/h5-10,15H,2-4,11-14H2,1H3,(H2,26,27,30). The van der Waals surface area contributed by atoms with Crippen LogP contribution in [0.1, 0.15) is 54.9 Å². The number of anilines is 1. The lowest BCUT2D eigenvalue weighted by atomic mass is 9.89. The molecule has 160 valence electrons. The van der Waals surface area contributed by atoms with Crippen LogP contribution in [0.2, 0.25) is 10.0 Å². The molecule has 3 rings (SSSR count). The zero-order chi connectivity index (χ0) is 21.6. The summed E-state index contributed by atoms with van der Waals surface area (Å²) in [5, 5.41) is 8.41. The van der Waals surface area contributed by atoms with Crippen LogP contribution in [0.25, 0.3) is 0 Å². The van der Waals surface area contributed by atoms with Crippen LogP contribution < -0.4 is 10.6 Å². The summed E-state index contributed by atoms with van der Waals surface area (Å²) in [7, 11) is 0. The Kier molecular flexibility index (Phi) is 7.98. The van der Waals surface area contributed by atoms with Crippen molar-refractivity contribution < 1.29 is 9.53 Å². The van der Waals surface area contributed by atoms with Crippen molar-refractivity contribution in [1.29, 1.82) is 0 Å². The highest BCUT2D eigenvalue weighted by atomic mass is 35.5. The molecule has 0 atom stereocenters. The molecular weight excluding hydrogens is 439 g/mol. The Morgan fingerprint density at radius 1 is 1.13 bits per heavy atom. The number of carbonyl (C=O) groups excluding carboxylic acids is 1. The van der Waals surface area contributed by atoms with Crippen molar-refractivity contribution in [1.82, 2.24) is 5.32 Å². The van der Waals surface area contributed by atoms with E-state index in [4.69, 9.17) is 40.2 Å². The zero-order valence-corrected chi connectivity index (χ0v) is 19.3. The fraction of sp³-hybridized carbons (Fsp3) is 0.391. The van der Waals surface area contributed by atoms with Crippen LogP contribution in [-0.4, -0.2) is 23.2 Å². The Balaban J connectivity index is 1.62. The van der Waals surface area contributed by atoms with Crippen molar-refractivity contribution in [3.8, 4) is 0 Å². The summed E-state index contributed by atoms with van der Waals surface area (Å²) in [4.78, 5) is 11.9. The highest BCUT2D eigenvalue weighted by Crippen LogP contribution is 2.34. The molecule has 4 nitrogen and oxygen atoms in total. The number of nitrogens with one attached hydrogen (secondary N) is 2. The lowest BCUT2D eigenvalue weighted by molar-refractivity contribution is 0.0526. The number of halogens is 2. The number of ether oxygens (including phenoxy) is 1. The predicted molar refractivity (Wildman–Crippen MR) is 128 cm³/mol. The van der Waals surface area contributed by atoms with Crippen LogP contribution in [0.4, 0.5) is 5.69 Å². The number of esters is 1. The third-order valence-electron chi connectivity index (χ3n) is 5.47. The minimum Gasteiger partial charge on any atom is -0.462 e. The molecule has 0 bridgehead atoms. The van der Waals surface area contributed by atoms with E-state index in [1.807, 2.05) is 12.1 Å². The molecule has 2 aromatic rings. The van der Waals surface area contributed by atoms with Gasteiger partial charge in [0.25, 0.3) is 0 Å². The molecule has 1 aliphatic carbocycles. The maximum absolute atomic E-state index is 11.9. The van der Waals surface area contributed by atoms with E-state index in [2.05, 4.69) is 22.8 Å². The van der Waals surface area contributed by atoms with Crippen LogP contribution in [0.5, 0.6) is 0 Å². The monoisotopic (exact) mass is 464 g/mol. The first-order valence-corrected chi connectivity index (χ1v) is 11.4. The van der Waals surface area contributed by atoms with Crippen molar-refractivity contribution in [2.45, 2.75) is 51.0 Å². The number of thiocarbonyl (C=S) groups is 1. The maximum Gasteiger partial charge on any atom is 0.339 e. The Morgan fingerprint density at radius 3 is 2.47 bits per heavy atom. The molecule has 0 aliphatic heterocycles. The summed E-state index contributed by atoms with van der Waals surface area (Å²) in [6.07, 6.45) is 6.52. The molecule has 0 spiro atoms. The van der Waals surface area contributed by atoms with Gasteiger partial charge in [-0.05, 0) is 80.7 Å². The van der Waals surface area contributed by atoms with E-state index >= 15 is 0 Å². The fourth-order valence-corrected chi connectivity index (χ4v) is 4.61. The van der Waals surface area contributed by atoms with E-state index in [-0.39, 0.29) is 5.54 Å². The van der Waals surface area contributed by atoms with E-state index in [1.54, 1.807) is 25.1 Å². The Labute approximate surface area is 193 Å². The van der Waals surface area contributed by atoms with Gasteiger partial charge in [0.05, 0.1) is 17.2 Å². The minimum atomic E-state index is -0.429. The second kappa shape index (κ2) is 10.5. The van der Waals surface area contributed by atoms with Gasteiger partial charge in [-0.3, -0.25) is 0 Å². The van der Waals surface area contributed by atoms with Gasteiger partial charge in [-0.2, -0.15) is 0 Å². The summed E-state index contributed by atoms with van der Waals surface area (Å²) in [5.41, 5.74) is 2.33. The second-order valence-corrected chi connectivity index (χ2v) is 8.86. The van der Waals surface area contributed by atoms with Crippen LogP contribution in [0, 0.1) is 0 Å². The average molecular weight is 465 g/mol. The average Bonchev–Trinajstić information content (AvgIpc) is 3.16. The topological polar surface area (TPSA) is 50.4 Å². The maximum atomic E-state index is 11.9. The third-order valence-corrected chi connectivity index (χ3v) is 6.24. The molecule has 0 unspecified atom stereocenters. The highest BCUT2D eigenvalue weighted by molar-refractivity contribution is 7.80. The Hall–Kier alpha value is -1.82. The second-order valence-electron chi connectivity index (χ2n) is 7.61. The van der Waals surface area contributed by atoms with Crippen LogP contribution in [0.15, 0.2) is 42.5 Å². The summed E-state index contributed by atoms with van der Waals surface area (Å²) in [6.45, 7) is 2.07. The molecule has 0 heterocycles. The zero-order valence-electron chi connectivity index (χ0n) is 17.0. The van der Waals surface area contributed by atoms with Crippen LogP contribution in [-0.2, 0) is 11.2 Å². The van der Waals surface area contributed by atoms with E-state index in [0.717, 1.165) is 36.4 Å². The van der Waals surface area contributed by atoms with Gasteiger partial charge in [0.15, 0.2) is 5.11 Å². The van der Waals surface area contributed by atoms with E-state index in [0.29, 0.717) is 22.3 Å². The lowest BCUT2D eigenvalue weighted by Gasteiger charge is -2.32. The highest BCUT2D eigenvalue weighted by Gasteiger charge is 2.34. The van der Waals surface area contributed by atoms with Gasteiger partial charge < -0.3 is 15.4 Å². The SMILES string of the molecule is CCOC(=O)c1ccc(NC(=S)NC2(CCc3ccc(Cl)cc3)CCCC2)cc1Cl. The fourth-order valence-electron chi connectivity index (χ4n) is 3.89.